The zero-order valence-electron chi connectivity index (χ0n) is 10.7. The molecule has 10 heteroatoms. The molecule has 0 saturated carbocycles. The molecule has 1 aliphatic rings. The number of rotatable bonds is 5. The smallest absolute Gasteiger partial charge is 0.354 e. The Morgan fingerprint density at radius 2 is 1.75 bits per heavy atom. The average Bonchev–Trinajstić information content (AvgIpc) is 2.90. The van der Waals surface area contributed by atoms with E-state index in [9.17, 15) is 13.2 Å². The van der Waals surface area contributed by atoms with E-state index in [-0.39, 0.29) is 18.4 Å². The molecule has 4 N–H and O–H groups in total. The molecule has 0 spiro atoms. The monoisotopic (exact) mass is 291 g/mol. The molecule has 0 aliphatic carbocycles. The van der Waals surface area contributed by atoms with Crippen molar-refractivity contribution in [1.29, 1.82) is 0 Å². The highest BCUT2D eigenvalue weighted by molar-refractivity contribution is 5.43. The lowest BCUT2D eigenvalue weighted by Gasteiger charge is -2.16. The van der Waals surface area contributed by atoms with Crippen molar-refractivity contribution in [2.75, 3.05) is 35.3 Å². The minimum atomic E-state index is -4.22. The van der Waals surface area contributed by atoms with Crippen LogP contribution in [0.5, 0.6) is 0 Å². The Hall–Kier alpha value is -1.84. The number of hydrazine groups is 1. The fraction of sp³-hybridized carbons (Fsp3) is 0.700. The Bertz CT molecular complexity index is 445. The molecule has 1 fully saturated rings. The predicted octanol–water partition coefficient (Wildman–Crippen LogP) is 1.12. The molecule has 0 radical (unpaired) electrons. The third kappa shape index (κ3) is 4.08. The Morgan fingerprint density at radius 3 is 2.35 bits per heavy atom. The van der Waals surface area contributed by atoms with Gasteiger partial charge in [-0.1, -0.05) is 0 Å². The largest absolute Gasteiger partial charge is 0.390 e. The van der Waals surface area contributed by atoms with Crippen LogP contribution < -0.4 is 21.5 Å². The van der Waals surface area contributed by atoms with Gasteiger partial charge in [0.05, 0.1) is 6.42 Å². The van der Waals surface area contributed by atoms with E-state index in [4.69, 9.17) is 5.84 Å². The molecule has 0 bridgehead atoms. The van der Waals surface area contributed by atoms with Crippen molar-refractivity contribution in [2.24, 2.45) is 5.84 Å². The zero-order chi connectivity index (χ0) is 14.6. The van der Waals surface area contributed by atoms with Crippen molar-refractivity contribution in [2.45, 2.75) is 25.4 Å². The molecule has 0 atom stereocenters. The molecule has 1 aromatic rings. The van der Waals surface area contributed by atoms with Crippen molar-refractivity contribution >= 4 is 17.8 Å². The van der Waals surface area contributed by atoms with Gasteiger partial charge in [-0.25, -0.2) is 5.84 Å². The van der Waals surface area contributed by atoms with Crippen LogP contribution in [0.15, 0.2) is 0 Å². The molecule has 112 valence electrons. The summed E-state index contributed by atoms with van der Waals surface area (Å²) in [6, 6.07) is 0. The van der Waals surface area contributed by atoms with E-state index in [1.165, 1.54) is 0 Å². The first-order valence-corrected chi connectivity index (χ1v) is 6.26. The number of hydrogen-bond donors (Lipinski definition) is 3. The van der Waals surface area contributed by atoms with Gasteiger partial charge in [-0.2, -0.15) is 28.1 Å². The number of aromatic nitrogens is 3. The van der Waals surface area contributed by atoms with E-state index in [1.807, 2.05) is 4.90 Å². The molecule has 7 nitrogen and oxygen atoms in total. The van der Waals surface area contributed by atoms with Gasteiger partial charge in [-0.3, -0.25) is 5.43 Å². The van der Waals surface area contributed by atoms with Crippen LogP contribution in [0.2, 0.25) is 0 Å². The molecule has 1 aromatic heterocycles. The summed E-state index contributed by atoms with van der Waals surface area (Å²) < 4.78 is 36.3. The van der Waals surface area contributed by atoms with Crippen LogP contribution in [0.4, 0.5) is 31.0 Å². The Kier molecular flexibility index (Phi) is 4.42. The van der Waals surface area contributed by atoms with Gasteiger partial charge in [0.1, 0.15) is 0 Å². The molecule has 1 saturated heterocycles. The third-order valence-electron chi connectivity index (χ3n) is 2.83. The second kappa shape index (κ2) is 6.07. The molecule has 20 heavy (non-hydrogen) atoms. The molecule has 2 heterocycles. The summed E-state index contributed by atoms with van der Waals surface area (Å²) in [5.41, 5.74) is 2.29. The number of alkyl halides is 3. The topological polar surface area (TPSA) is 92.0 Å². The van der Waals surface area contributed by atoms with Gasteiger partial charge in [0.15, 0.2) is 0 Å². The number of nitrogens with two attached hydrogens (primary N) is 1. The first kappa shape index (κ1) is 14.6. The number of nitrogens with one attached hydrogen (secondary N) is 2. The van der Waals surface area contributed by atoms with Gasteiger partial charge in [-0.05, 0) is 12.8 Å². The highest BCUT2D eigenvalue weighted by atomic mass is 19.4. The van der Waals surface area contributed by atoms with Crippen molar-refractivity contribution in [1.82, 2.24) is 15.0 Å². The second-order valence-electron chi connectivity index (χ2n) is 4.41. The van der Waals surface area contributed by atoms with E-state index < -0.39 is 12.6 Å². The van der Waals surface area contributed by atoms with E-state index in [0.29, 0.717) is 5.95 Å². The van der Waals surface area contributed by atoms with Crippen molar-refractivity contribution in [3.63, 3.8) is 0 Å². The quantitative estimate of drug-likeness (QED) is 0.553. The fourth-order valence-electron chi connectivity index (χ4n) is 1.88. The lowest BCUT2D eigenvalue weighted by atomic mass is 10.4. The Balaban J connectivity index is 2.05. The number of nitrogens with zero attached hydrogens (tertiary/aromatic N) is 4. The summed E-state index contributed by atoms with van der Waals surface area (Å²) in [5, 5.41) is 2.54. The fourth-order valence-corrected chi connectivity index (χ4v) is 1.88. The number of anilines is 3. The van der Waals surface area contributed by atoms with Gasteiger partial charge in [0.2, 0.25) is 17.8 Å². The highest BCUT2D eigenvalue weighted by Gasteiger charge is 2.26. The van der Waals surface area contributed by atoms with Crippen LogP contribution in [-0.4, -0.2) is 40.8 Å². The molecule has 2 rings (SSSR count). The van der Waals surface area contributed by atoms with Gasteiger partial charge in [0.25, 0.3) is 0 Å². The van der Waals surface area contributed by atoms with Crippen LogP contribution in [0.1, 0.15) is 19.3 Å². The van der Waals surface area contributed by atoms with E-state index >= 15 is 0 Å². The summed E-state index contributed by atoms with van der Waals surface area (Å²) in [6.07, 6.45) is -3.10. The minimum absolute atomic E-state index is 0.0825. The summed E-state index contributed by atoms with van der Waals surface area (Å²) in [5.74, 6) is 5.88. The normalized spacial score (nSPS) is 15.5. The maximum atomic E-state index is 12.1. The third-order valence-corrected chi connectivity index (χ3v) is 2.83. The van der Waals surface area contributed by atoms with E-state index in [0.717, 1.165) is 25.9 Å². The molecular formula is C10H16F3N7. The molecule has 0 aromatic carbocycles. The predicted molar refractivity (Wildman–Crippen MR) is 68.2 cm³/mol. The van der Waals surface area contributed by atoms with Crippen molar-refractivity contribution in [3.05, 3.63) is 0 Å². The maximum absolute atomic E-state index is 12.1. The van der Waals surface area contributed by atoms with E-state index in [2.05, 4.69) is 25.7 Å². The molecule has 0 unspecified atom stereocenters. The van der Waals surface area contributed by atoms with Gasteiger partial charge in [0, 0.05) is 19.6 Å². The summed E-state index contributed by atoms with van der Waals surface area (Å²) in [7, 11) is 0. The number of hydrogen-bond acceptors (Lipinski definition) is 7. The average molecular weight is 291 g/mol. The van der Waals surface area contributed by atoms with Crippen molar-refractivity contribution in [3.8, 4) is 0 Å². The Labute approximate surface area is 113 Å². The molecule has 1 aliphatic heterocycles. The van der Waals surface area contributed by atoms with Crippen LogP contribution in [0.25, 0.3) is 0 Å². The van der Waals surface area contributed by atoms with Crippen LogP contribution in [-0.2, 0) is 0 Å². The van der Waals surface area contributed by atoms with Crippen LogP contribution in [0.3, 0.4) is 0 Å². The Morgan fingerprint density at radius 1 is 1.10 bits per heavy atom. The first-order chi connectivity index (χ1) is 9.48. The molecule has 0 amide bonds. The van der Waals surface area contributed by atoms with Crippen molar-refractivity contribution < 1.29 is 13.2 Å². The lowest BCUT2D eigenvalue weighted by Crippen LogP contribution is -2.24. The van der Waals surface area contributed by atoms with Crippen LogP contribution in [0, 0.1) is 0 Å². The van der Waals surface area contributed by atoms with Gasteiger partial charge >= 0.3 is 6.18 Å². The molecular weight excluding hydrogens is 275 g/mol. The lowest BCUT2D eigenvalue weighted by molar-refractivity contribution is -0.131. The second-order valence-corrected chi connectivity index (χ2v) is 4.41. The van der Waals surface area contributed by atoms with Gasteiger partial charge < -0.3 is 10.2 Å². The zero-order valence-corrected chi connectivity index (χ0v) is 10.7. The summed E-state index contributed by atoms with van der Waals surface area (Å²) in [4.78, 5) is 14.0. The minimum Gasteiger partial charge on any atom is -0.354 e. The summed E-state index contributed by atoms with van der Waals surface area (Å²) in [6.45, 7) is 1.34. The summed E-state index contributed by atoms with van der Waals surface area (Å²) >= 11 is 0. The van der Waals surface area contributed by atoms with Gasteiger partial charge in [-0.15, -0.1) is 0 Å². The number of nitrogen functional groups attached to an aromatic ring is 1. The number of halogens is 3. The standard InChI is InChI=1S/C10H16F3N7/c11-10(12,13)3-4-15-7-16-8(19-14)18-9(17-7)20-5-1-2-6-20/h1-6,14H2,(H2,15,16,17,18,19). The highest BCUT2D eigenvalue weighted by Crippen LogP contribution is 2.20. The van der Waals surface area contributed by atoms with E-state index in [1.54, 1.807) is 0 Å². The maximum Gasteiger partial charge on any atom is 0.390 e. The first-order valence-electron chi connectivity index (χ1n) is 6.26. The van der Waals surface area contributed by atoms with Crippen LogP contribution >= 0.6 is 0 Å². The SMILES string of the molecule is NNc1nc(NCCC(F)(F)F)nc(N2CCCC2)n1.